The average Bonchev–Trinajstić information content (AvgIpc) is 3.43. The second-order valence-electron chi connectivity index (χ2n) is 9.90. The van der Waals surface area contributed by atoms with Crippen molar-refractivity contribution in [3.8, 4) is 0 Å². The van der Waals surface area contributed by atoms with Crippen molar-refractivity contribution < 1.29 is 32.6 Å². The van der Waals surface area contributed by atoms with Crippen molar-refractivity contribution in [3.05, 3.63) is 61.9 Å². The van der Waals surface area contributed by atoms with Gasteiger partial charge in [-0.15, -0.1) is 11.3 Å². The lowest BCUT2D eigenvalue weighted by Crippen LogP contribution is -2.44. The molecule has 1 fully saturated rings. The number of halogens is 4. The highest BCUT2D eigenvalue weighted by atomic mass is 79.9. The largest absolute Gasteiger partial charge is 0.481 e. The quantitative estimate of drug-likeness (QED) is 0.370. The molecule has 0 unspecified atom stereocenters. The van der Waals surface area contributed by atoms with Crippen LogP contribution in [0.15, 0.2) is 50.5 Å². The summed E-state index contributed by atoms with van der Waals surface area (Å²) in [7, 11) is 0. The number of aliphatic imine (C=N–C) groups is 1. The van der Waals surface area contributed by atoms with Crippen molar-refractivity contribution >= 4 is 45.0 Å². The average molecular weight is 629 g/mol. The Balaban J connectivity index is 1.84. The number of benzene rings is 1. The van der Waals surface area contributed by atoms with E-state index in [-0.39, 0.29) is 37.3 Å². The number of thiazole rings is 1. The summed E-state index contributed by atoms with van der Waals surface area (Å²) in [5, 5.41) is 14.6. The van der Waals surface area contributed by atoms with Gasteiger partial charge in [0.05, 0.1) is 18.7 Å². The van der Waals surface area contributed by atoms with E-state index in [9.17, 15) is 19.1 Å². The van der Waals surface area contributed by atoms with Crippen LogP contribution in [0.3, 0.4) is 0 Å². The number of hydrogen-bond acceptors (Lipinski definition) is 8. The number of ether oxygens (including phenoxy) is 1. The molecule has 2 N–H and O–H groups in total. The van der Waals surface area contributed by atoms with E-state index in [4.69, 9.17) is 9.73 Å². The maximum Gasteiger partial charge on any atom is 0.338 e. The third-order valence-corrected chi connectivity index (χ3v) is 8.59. The molecule has 3 heterocycles. The Labute approximate surface area is 236 Å². The van der Waals surface area contributed by atoms with Crippen molar-refractivity contribution in [2.45, 2.75) is 51.6 Å². The Morgan fingerprint density at radius 3 is 2.69 bits per heavy atom. The highest BCUT2D eigenvalue weighted by Gasteiger charge is 2.60. The van der Waals surface area contributed by atoms with Crippen LogP contribution >= 0.6 is 27.3 Å². The number of esters is 1. The zero-order chi connectivity index (χ0) is 28.5. The standard InChI is InChI=1S/C26H28BrF3N4O4S/c1-4-38-24(37)20-17(12-34-13-26(29,30)25(2,3)18(34)7-8-19(35)36)32-22(23-31-9-10-39-23)33-21(20)15-6-5-14(28)11-16(15)27/h5-6,9-11,18,21H,4,7-8,12-13H2,1-3H3,(H,32,33)(H,35,36)/t18-,21-/m0/s1. The van der Waals surface area contributed by atoms with Crippen LogP contribution in [-0.2, 0) is 14.3 Å². The number of aliphatic carboxylic acids is 1. The van der Waals surface area contributed by atoms with Gasteiger partial charge in [-0.3, -0.25) is 14.7 Å². The Morgan fingerprint density at radius 1 is 1.33 bits per heavy atom. The summed E-state index contributed by atoms with van der Waals surface area (Å²) in [6.07, 6.45) is 1.30. The van der Waals surface area contributed by atoms with E-state index in [0.29, 0.717) is 20.9 Å². The number of nitrogens with zero attached hydrogens (tertiary/aromatic N) is 3. The van der Waals surface area contributed by atoms with Crippen molar-refractivity contribution in [2.24, 2.45) is 10.4 Å². The molecule has 2 aliphatic rings. The van der Waals surface area contributed by atoms with E-state index in [1.54, 1.807) is 18.5 Å². The Bertz CT molecular complexity index is 1320. The second kappa shape index (κ2) is 11.4. The summed E-state index contributed by atoms with van der Waals surface area (Å²) in [6, 6.07) is 2.25. The number of hydrogen-bond donors (Lipinski definition) is 2. The minimum atomic E-state index is -3.11. The fraction of sp³-hybridized carbons (Fsp3) is 0.462. The summed E-state index contributed by atoms with van der Waals surface area (Å²) in [6.45, 7) is 3.81. The number of alkyl halides is 2. The van der Waals surface area contributed by atoms with E-state index in [0.717, 1.165) is 0 Å². The van der Waals surface area contributed by atoms with Crippen LogP contribution in [0.2, 0.25) is 0 Å². The summed E-state index contributed by atoms with van der Waals surface area (Å²) >= 11 is 4.66. The van der Waals surface area contributed by atoms with Crippen LogP contribution in [-0.4, -0.2) is 64.4 Å². The Hall–Kier alpha value is -2.77. The number of carboxylic acid groups (broad SMARTS) is 1. The zero-order valence-corrected chi connectivity index (χ0v) is 23.9. The number of carbonyl (C=O) groups excluding carboxylic acids is 1. The van der Waals surface area contributed by atoms with Crippen LogP contribution < -0.4 is 5.32 Å². The molecule has 1 aromatic carbocycles. The lowest BCUT2D eigenvalue weighted by Gasteiger charge is -2.35. The van der Waals surface area contributed by atoms with Crippen molar-refractivity contribution in [1.82, 2.24) is 15.2 Å². The third kappa shape index (κ3) is 5.90. The van der Waals surface area contributed by atoms with Crippen LogP contribution in [0.5, 0.6) is 0 Å². The molecule has 4 rings (SSSR count). The Kier molecular flexibility index (Phi) is 8.52. The first kappa shape index (κ1) is 29.2. The van der Waals surface area contributed by atoms with Gasteiger partial charge in [0.15, 0.2) is 10.8 Å². The first-order chi connectivity index (χ1) is 18.4. The van der Waals surface area contributed by atoms with Gasteiger partial charge in [0, 0.05) is 46.2 Å². The molecule has 1 saturated heterocycles. The molecule has 0 aliphatic carbocycles. The monoisotopic (exact) mass is 628 g/mol. The van der Waals surface area contributed by atoms with E-state index in [2.05, 4.69) is 26.2 Å². The van der Waals surface area contributed by atoms with Gasteiger partial charge in [-0.25, -0.2) is 22.9 Å². The summed E-state index contributed by atoms with van der Waals surface area (Å²) in [5.41, 5.74) is -0.673. The van der Waals surface area contributed by atoms with Gasteiger partial charge in [0.1, 0.15) is 11.9 Å². The summed E-state index contributed by atoms with van der Waals surface area (Å²) in [4.78, 5) is 35.2. The fourth-order valence-electron chi connectivity index (χ4n) is 5.01. The maximum atomic E-state index is 15.2. The zero-order valence-electron chi connectivity index (χ0n) is 21.5. The molecule has 2 atom stereocenters. The molecule has 39 heavy (non-hydrogen) atoms. The molecule has 2 aliphatic heterocycles. The molecular formula is C26H28BrF3N4O4S. The van der Waals surface area contributed by atoms with Crippen molar-refractivity contribution in [3.63, 3.8) is 0 Å². The maximum absolute atomic E-state index is 15.2. The molecule has 13 heteroatoms. The van der Waals surface area contributed by atoms with Crippen LogP contribution in [0.1, 0.15) is 50.2 Å². The number of carbonyl (C=O) groups is 2. The van der Waals surface area contributed by atoms with E-state index in [1.165, 1.54) is 48.3 Å². The molecule has 0 amide bonds. The van der Waals surface area contributed by atoms with Crippen LogP contribution in [0.25, 0.3) is 0 Å². The van der Waals surface area contributed by atoms with Crippen molar-refractivity contribution in [2.75, 3.05) is 19.7 Å². The number of amidine groups is 1. The SMILES string of the molecule is CCOC(=O)C1=C(CN2CC(F)(F)C(C)(C)[C@@H]2CCC(=O)O)NC(c2nccs2)=N[C@H]1c1ccc(F)cc1Br. The predicted molar refractivity (Wildman–Crippen MR) is 143 cm³/mol. The van der Waals surface area contributed by atoms with Crippen LogP contribution in [0, 0.1) is 11.2 Å². The third-order valence-electron chi connectivity index (χ3n) is 7.12. The lowest BCUT2D eigenvalue weighted by atomic mass is 9.79. The topological polar surface area (TPSA) is 104 Å². The van der Waals surface area contributed by atoms with Crippen LogP contribution in [0.4, 0.5) is 13.2 Å². The minimum Gasteiger partial charge on any atom is -0.481 e. The van der Waals surface area contributed by atoms with E-state index >= 15 is 8.78 Å². The van der Waals surface area contributed by atoms with Gasteiger partial charge in [-0.2, -0.15) is 0 Å². The number of rotatable bonds is 9. The highest BCUT2D eigenvalue weighted by molar-refractivity contribution is 9.10. The minimum absolute atomic E-state index is 0.000306. The van der Waals surface area contributed by atoms with Gasteiger partial charge >= 0.3 is 11.9 Å². The first-order valence-electron chi connectivity index (χ1n) is 12.3. The van der Waals surface area contributed by atoms with E-state index in [1.807, 2.05) is 0 Å². The van der Waals surface area contributed by atoms with Gasteiger partial charge < -0.3 is 15.2 Å². The number of nitrogens with one attached hydrogen (secondary N) is 1. The fourth-order valence-corrected chi connectivity index (χ4v) is 6.16. The number of carboxylic acids is 1. The molecule has 1 aromatic heterocycles. The molecule has 0 spiro atoms. The number of aromatic nitrogens is 1. The van der Waals surface area contributed by atoms with Gasteiger partial charge in [0.2, 0.25) is 0 Å². The molecule has 2 aromatic rings. The Morgan fingerprint density at radius 2 is 2.08 bits per heavy atom. The lowest BCUT2D eigenvalue weighted by molar-refractivity contribution is -0.139. The molecule has 210 valence electrons. The highest BCUT2D eigenvalue weighted by Crippen LogP contribution is 2.49. The van der Waals surface area contributed by atoms with Gasteiger partial charge in [0.25, 0.3) is 5.92 Å². The van der Waals surface area contributed by atoms with Gasteiger partial charge in [-0.05, 0) is 31.0 Å². The molecule has 0 radical (unpaired) electrons. The number of likely N-dealkylation sites (tertiary alicyclic amines) is 1. The molecule has 0 bridgehead atoms. The van der Waals surface area contributed by atoms with Gasteiger partial charge in [-0.1, -0.05) is 35.8 Å². The second-order valence-corrected chi connectivity index (χ2v) is 11.6. The molecule has 8 nitrogen and oxygen atoms in total. The molecular weight excluding hydrogens is 601 g/mol. The van der Waals surface area contributed by atoms with E-state index < -0.39 is 47.7 Å². The first-order valence-corrected chi connectivity index (χ1v) is 14.0. The summed E-state index contributed by atoms with van der Waals surface area (Å²) < 4.78 is 50.1. The molecule has 0 saturated carbocycles. The normalized spacial score (nSPS) is 22.4. The smallest absolute Gasteiger partial charge is 0.338 e. The predicted octanol–water partition coefficient (Wildman–Crippen LogP) is 5.16. The van der Waals surface area contributed by atoms with Crippen molar-refractivity contribution in [1.29, 1.82) is 0 Å². The summed E-state index contributed by atoms with van der Waals surface area (Å²) in [5.74, 6) is -5.06.